The second kappa shape index (κ2) is 8.97. The van der Waals surface area contributed by atoms with Crippen LogP contribution in [0.3, 0.4) is 0 Å². The molecule has 0 N–H and O–H groups in total. The molecule has 29 heavy (non-hydrogen) atoms. The van der Waals surface area contributed by atoms with Gasteiger partial charge in [0.05, 0.1) is 11.6 Å². The van der Waals surface area contributed by atoms with Crippen LogP contribution in [-0.4, -0.2) is 60.8 Å². The van der Waals surface area contributed by atoms with Gasteiger partial charge in [-0.15, -0.1) is 0 Å². The van der Waals surface area contributed by atoms with Crippen LogP contribution in [-0.2, 0) is 9.53 Å². The number of carbonyl (C=O) groups is 1. The van der Waals surface area contributed by atoms with Gasteiger partial charge >= 0.3 is 0 Å². The first-order valence-electron chi connectivity index (χ1n) is 9.75. The van der Waals surface area contributed by atoms with E-state index in [-0.39, 0.29) is 30.5 Å². The highest BCUT2D eigenvalue weighted by atomic mass is 35.5. The molecule has 1 unspecified atom stereocenters. The minimum Gasteiger partial charge on any atom is -0.491 e. The van der Waals surface area contributed by atoms with E-state index in [0.717, 1.165) is 31.7 Å². The highest BCUT2D eigenvalue weighted by Gasteiger charge is 2.34. The summed E-state index contributed by atoms with van der Waals surface area (Å²) in [6, 6.07) is 9.70. The summed E-state index contributed by atoms with van der Waals surface area (Å²) in [4.78, 5) is 20.9. The Morgan fingerprint density at radius 1 is 1.21 bits per heavy atom. The van der Waals surface area contributed by atoms with Crippen LogP contribution >= 0.6 is 11.6 Å². The van der Waals surface area contributed by atoms with Crippen molar-refractivity contribution in [3.8, 4) is 5.75 Å². The zero-order chi connectivity index (χ0) is 20.2. The van der Waals surface area contributed by atoms with Crippen LogP contribution in [0.25, 0.3) is 0 Å². The summed E-state index contributed by atoms with van der Waals surface area (Å²) in [5.41, 5.74) is 0. The third-order valence-electron chi connectivity index (χ3n) is 5.36. The van der Waals surface area contributed by atoms with Gasteiger partial charge in [0.1, 0.15) is 36.7 Å². The molecule has 1 amide bonds. The normalized spacial score (nSPS) is 20.8. The minimum atomic E-state index is -0.304. The largest absolute Gasteiger partial charge is 0.491 e. The second-order valence-electron chi connectivity index (χ2n) is 7.27. The van der Waals surface area contributed by atoms with Crippen molar-refractivity contribution in [2.75, 3.05) is 37.7 Å². The number of nitrogens with zero attached hydrogens (tertiary/aromatic N) is 3. The second-order valence-corrected chi connectivity index (χ2v) is 7.68. The van der Waals surface area contributed by atoms with Gasteiger partial charge < -0.3 is 19.3 Å². The lowest BCUT2D eigenvalue weighted by Gasteiger charge is -2.42. The molecule has 0 bridgehead atoms. The maximum atomic E-state index is 13.0. The van der Waals surface area contributed by atoms with E-state index in [0.29, 0.717) is 23.9 Å². The fraction of sp³-hybridized carbons (Fsp3) is 0.429. The Hall–Kier alpha value is -2.38. The molecule has 3 heterocycles. The fourth-order valence-electron chi connectivity index (χ4n) is 3.82. The molecule has 4 rings (SSSR count). The lowest BCUT2D eigenvalue weighted by Crippen LogP contribution is -2.55. The first kappa shape index (κ1) is 19.9. The monoisotopic (exact) mass is 419 g/mol. The molecule has 2 saturated heterocycles. The maximum absolute atomic E-state index is 13.0. The quantitative estimate of drug-likeness (QED) is 0.745. The van der Waals surface area contributed by atoms with Crippen LogP contribution in [0.4, 0.5) is 10.2 Å². The van der Waals surface area contributed by atoms with Gasteiger partial charge in [0.25, 0.3) is 0 Å². The number of hydrogen-bond donors (Lipinski definition) is 0. The van der Waals surface area contributed by atoms with E-state index in [4.69, 9.17) is 21.1 Å². The van der Waals surface area contributed by atoms with Crippen molar-refractivity contribution in [2.45, 2.75) is 25.0 Å². The van der Waals surface area contributed by atoms with Crippen LogP contribution in [0.1, 0.15) is 12.8 Å². The van der Waals surface area contributed by atoms with E-state index in [1.165, 1.54) is 12.1 Å². The van der Waals surface area contributed by atoms with Gasteiger partial charge in [0.15, 0.2) is 0 Å². The van der Waals surface area contributed by atoms with Crippen LogP contribution < -0.4 is 9.64 Å². The molecule has 1 atom stereocenters. The number of pyridine rings is 1. The molecule has 2 aliphatic heterocycles. The number of anilines is 1. The molecule has 6 nitrogen and oxygen atoms in total. The Morgan fingerprint density at radius 2 is 1.97 bits per heavy atom. The van der Waals surface area contributed by atoms with Crippen molar-refractivity contribution < 1.29 is 18.7 Å². The molecule has 0 saturated carbocycles. The lowest BCUT2D eigenvalue weighted by molar-refractivity contribution is -0.154. The number of carbonyl (C=O) groups excluding carboxylic acids is 1. The van der Waals surface area contributed by atoms with Crippen molar-refractivity contribution in [1.82, 2.24) is 9.88 Å². The van der Waals surface area contributed by atoms with E-state index in [1.54, 1.807) is 18.3 Å². The molecule has 2 fully saturated rings. The van der Waals surface area contributed by atoms with Crippen LogP contribution in [0.2, 0.25) is 5.02 Å². The summed E-state index contributed by atoms with van der Waals surface area (Å²) < 4.78 is 24.3. The van der Waals surface area contributed by atoms with Crippen molar-refractivity contribution in [3.05, 3.63) is 53.4 Å². The number of morpholine rings is 1. The molecular weight excluding hydrogens is 397 g/mol. The Bertz CT molecular complexity index is 843. The fourth-order valence-corrected chi connectivity index (χ4v) is 4.06. The number of aromatic nitrogens is 1. The minimum absolute atomic E-state index is 0.0114. The maximum Gasteiger partial charge on any atom is 0.248 e. The number of halogens is 2. The van der Waals surface area contributed by atoms with Crippen molar-refractivity contribution >= 4 is 23.3 Å². The summed E-state index contributed by atoms with van der Waals surface area (Å²) in [5.74, 6) is 1.09. The molecule has 0 spiro atoms. The van der Waals surface area contributed by atoms with Gasteiger partial charge in [-0.2, -0.15) is 0 Å². The van der Waals surface area contributed by atoms with Gasteiger partial charge in [-0.1, -0.05) is 11.6 Å². The van der Waals surface area contributed by atoms with E-state index in [2.05, 4.69) is 9.88 Å². The van der Waals surface area contributed by atoms with Crippen molar-refractivity contribution in [2.24, 2.45) is 0 Å². The molecule has 1 aromatic carbocycles. The molecule has 2 aromatic rings. The summed E-state index contributed by atoms with van der Waals surface area (Å²) in [6.45, 7) is 2.46. The number of hydrogen-bond acceptors (Lipinski definition) is 5. The summed E-state index contributed by atoms with van der Waals surface area (Å²) in [7, 11) is 0. The SMILES string of the molecule is O=C1COC(COc2ccc(F)cc2)CN1C1CCN(c2ncccc2Cl)CC1. The van der Waals surface area contributed by atoms with Gasteiger partial charge in [-0.05, 0) is 49.2 Å². The topological polar surface area (TPSA) is 54.9 Å². The number of benzene rings is 1. The lowest BCUT2D eigenvalue weighted by atomic mass is 10.0. The van der Waals surface area contributed by atoms with Crippen LogP contribution in [0, 0.1) is 5.82 Å². The predicted octanol–water partition coefficient (Wildman–Crippen LogP) is 3.15. The number of ether oxygens (including phenoxy) is 2. The Balaban J connectivity index is 1.31. The van der Waals surface area contributed by atoms with Crippen molar-refractivity contribution in [3.63, 3.8) is 0 Å². The molecule has 0 aliphatic carbocycles. The summed E-state index contributed by atoms with van der Waals surface area (Å²) >= 11 is 6.26. The van der Waals surface area contributed by atoms with Crippen molar-refractivity contribution in [1.29, 1.82) is 0 Å². The average molecular weight is 420 g/mol. The Kier molecular flexibility index (Phi) is 6.16. The van der Waals surface area contributed by atoms with Gasteiger partial charge in [0.2, 0.25) is 5.91 Å². The highest BCUT2D eigenvalue weighted by Crippen LogP contribution is 2.27. The van der Waals surface area contributed by atoms with E-state index in [9.17, 15) is 9.18 Å². The number of rotatable bonds is 5. The van der Waals surface area contributed by atoms with E-state index >= 15 is 0 Å². The van der Waals surface area contributed by atoms with E-state index < -0.39 is 0 Å². The molecule has 8 heteroatoms. The Morgan fingerprint density at radius 3 is 2.69 bits per heavy atom. The zero-order valence-electron chi connectivity index (χ0n) is 16.0. The highest BCUT2D eigenvalue weighted by molar-refractivity contribution is 6.32. The zero-order valence-corrected chi connectivity index (χ0v) is 16.7. The predicted molar refractivity (Wildman–Crippen MR) is 108 cm³/mol. The first-order chi connectivity index (χ1) is 14.1. The molecule has 0 radical (unpaired) electrons. The van der Waals surface area contributed by atoms with Gasteiger partial charge in [0, 0.05) is 25.3 Å². The standard InChI is InChI=1S/C21H23ClFN3O3/c22-19-2-1-9-24-21(19)25-10-7-16(8-11-25)26-12-18(29-14-20(26)27)13-28-17-5-3-15(23)4-6-17/h1-6,9,16,18H,7-8,10-14H2. The smallest absolute Gasteiger partial charge is 0.248 e. The summed E-state index contributed by atoms with van der Waals surface area (Å²) in [6.07, 6.45) is 3.24. The first-order valence-corrected chi connectivity index (χ1v) is 10.1. The number of piperidine rings is 1. The van der Waals surface area contributed by atoms with Crippen LogP contribution in [0.15, 0.2) is 42.6 Å². The number of amides is 1. The molecule has 154 valence electrons. The molecular formula is C21H23ClFN3O3. The molecule has 2 aliphatic rings. The molecule has 1 aromatic heterocycles. The average Bonchev–Trinajstić information content (AvgIpc) is 2.75. The van der Waals surface area contributed by atoms with Crippen LogP contribution in [0.5, 0.6) is 5.75 Å². The van der Waals surface area contributed by atoms with E-state index in [1.807, 2.05) is 17.0 Å². The third kappa shape index (κ3) is 4.79. The van der Waals surface area contributed by atoms with Gasteiger partial charge in [-0.3, -0.25) is 4.79 Å². The third-order valence-corrected chi connectivity index (χ3v) is 5.65. The van der Waals surface area contributed by atoms with Gasteiger partial charge in [-0.25, -0.2) is 9.37 Å². The Labute approximate surface area is 174 Å². The summed E-state index contributed by atoms with van der Waals surface area (Å²) in [5, 5.41) is 0.645.